The number of pyridine rings is 1. The fraction of sp³-hybridized carbons (Fsp3) is 0.250. The highest BCUT2D eigenvalue weighted by Gasteiger charge is 2.21. The Labute approximate surface area is 192 Å². The van der Waals surface area contributed by atoms with Gasteiger partial charge in [0.2, 0.25) is 5.88 Å². The first-order valence-electron chi connectivity index (χ1n) is 9.61. The third-order valence-electron chi connectivity index (χ3n) is 4.32. The van der Waals surface area contributed by atoms with Crippen LogP contribution in [0.25, 0.3) is 11.1 Å². The van der Waals surface area contributed by atoms with Crippen molar-refractivity contribution >= 4 is 36.2 Å². The minimum atomic E-state index is -3.81. The average Bonchev–Trinajstić information content (AvgIpc) is 3.17. The molecule has 3 aromatic rings. The molecule has 4 N–H and O–H groups in total. The SMILES string of the molecule is COc1cc(-c2cc(F)cc(P)c2NC(=O)NS(=N)(=O)c2ccn(CC(C)(C)O)n2)ccn1. The smallest absolute Gasteiger partial charge is 0.332 e. The fourth-order valence-electron chi connectivity index (χ4n) is 2.99. The number of anilines is 1. The number of benzene rings is 1. The first-order valence-corrected chi connectivity index (χ1v) is 11.7. The zero-order valence-corrected chi connectivity index (χ0v) is 20.1. The van der Waals surface area contributed by atoms with Crippen LogP contribution in [-0.4, -0.2) is 42.8 Å². The van der Waals surface area contributed by atoms with E-state index in [2.05, 4.69) is 29.4 Å². The summed E-state index contributed by atoms with van der Waals surface area (Å²) in [6.45, 7) is 3.27. The van der Waals surface area contributed by atoms with E-state index in [9.17, 15) is 18.5 Å². The van der Waals surface area contributed by atoms with E-state index in [0.29, 0.717) is 22.3 Å². The zero-order chi connectivity index (χ0) is 24.4. The standard InChI is InChI=1S/C20H24FN6O4PS/c1-20(2,29)11-27-7-5-17(25-27)33(22,30)26-19(28)24-18-14(9-13(21)10-15(18)32)12-4-6-23-16(8-12)31-3/h4-10,29H,11,32H2,1-3H3,(H3,22,24,26,28,30). The molecule has 0 aliphatic rings. The Balaban J connectivity index is 1.86. The monoisotopic (exact) mass is 494 g/mol. The number of hydrogen-bond acceptors (Lipinski definition) is 7. The van der Waals surface area contributed by atoms with E-state index < -0.39 is 27.4 Å². The summed E-state index contributed by atoms with van der Waals surface area (Å²) in [6, 6.07) is 6.02. The van der Waals surface area contributed by atoms with Gasteiger partial charge >= 0.3 is 6.03 Å². The summed E-state index contributed by atoms with van der Waals surface area (Å²) in [5.41, 5.74) is 0.0230. The Bertz CT molecular complexity index is 1290. The molecule has 2 aromatic heterocycles. The Morgan fingerprint density at radius 1 is 1.36 bits per heavy atom. The first kappa shape index (κ1) is 24.6. The number of methoxy groups -OCH3 is 1. The molecule has 1 aromatic carbocycles. The zero-order valence-electron chi connectivity index (χ0n) is 18.1. The third kappa shape index (κ3) is 6.25. The summed E-state index contributed by atoms with van der Waals surface area (Å²) < 4.78 is 43.6. The van der Waals surface area contributed by atoms with Crippen molar-refractivity contribution in [3.8, 4) is 17.0 Å². The van der Waals surface area contributed by atoms with Gasteiger partial charge in [-0.3, -0.25) is 4.68 Å². The van der Waals surface area contributed by atoms with Gasteiger partial charge in [-0.05, 0) is 49.0 Å². The molecule has 2 amide bonds. The molecule has 2 heterocycles. The number of urea groups is 1. The van der Waals surface area contributed by atoms with Gasteiger partial charge in [0.05, 0.1) is 24.9 Å². The van der Waals surface area contributed by atoms with Gasteiger partial charge in [0.1, 0.15) is 5.82 Å². The average molecular weight is 494 g/mol. The van der Waals surface area contributed by atoms with E-state index in [1.54, 1.807) is 26.0 Å². The summed E-state index contributed by atoms with van der Waals surface area (Å²) in [7, 11) is -0.0383. The van der Waals surface area contributed by atoms with Crippen LogP contribution in [0.15, 0.2) is 47.8 Å². The lowest BCUT2D eigenvalue weighted by molar-refractivity contribution is 0.0573. The molecule has 0 aliphatic heterocycles. The van der Waals surface area contributed by atoms with Crippen LogP contribution in [0, 0.1) is 10.6 Å². The number of ether oxygens (including phenoxy) is 1. The Morgan fingerprint density at radius 3 is 2.76 bits per heavy atom. The number of nitrogens with zero attached hydrogens (tertiary/aromatic N) is 3. The van der Waals surface area contributed by atoms with E-state index in [-0.39, 0.29) is 17.3 Å². The Kier molecular flexibility index (Phi) is 7.01. The maximum atomic E-state index is 14.1. The number of carbonyl (C=O) groups is 1. The van der Waals surface area contributed by atoms with Gasteiger partial charge in [-0.25, -0.2) is 27.9 Å². The summed E-state index contributed by atoms with van der Waals surface area (Å²) in [4.78, 5) is 16.7. The van der Waals surface area contributed by atoms with Crippen LogP contribution < -0.4 is 20.1 Å². The maximum absolute atomic E-state index is 14.1. The maximum Gasteiger partial charge on any atom is 0.332 e. The lowest BCUT2D eigenvalue weighted by Crippen LogP contribution is -2.35. The summed E-state index contributed by atoms with van der Waals surface area (Å²) in [6.07, 6.45) is 2.93. The topological polar surface area (TPSA) is 142 Å². The number of amides is 2. The molecule has 0 spiro atoms. The first-order chi connectivity index (χ1) is 15.4. The van der Waals surface area contributed by atoms with Gasteiger partial charge in [0.25, 0.3) is 0 Å². The second-order valence-corrected chi connectivity index (χ2v) is 10.1. The predicted molar refractivity (Wildman–Crippen MR) is 125 cm³/mol. The third-order valence-corrected chi connectivity index (χ3v) is 6.06. The number of carbonyl (C=O) groups excluding carboxylic acids is 1. The van der Waals surface area contributed by atoms with E-state index in [1.807, 2.05) is 0 Å². The largest absolute Gasteiger partial charge is 0.481 e. The molecule has 2 unspecified atom stereocenters. The quantitative estimate of drug-likeness (QED) is 0.372. The number of halogens is 1. The number of aliphatic hydroxyl groups is 1. The molecular formula is C20H24FN6O4PS. The predicted octanol–water partition coefficient (Wildman–Crippen LogP) is 2.51. The van der Waals surface area contributed by atoms with E-state index in [1.165, 1.54) is 42.4 Å². The van der Waals surface area contributed by atoms with Crippen molar-refractivity contribution < 1.29 is 23.2 Å². The van der Waals surface area contributed by atoms with Gasteiger partial charge < -0.3 is 15.2 Å². The van der Waals surface area contributed by atoms with Crippen molar-refractivity contribution in [3.63, 3.8) is 0 Å². The molecular weight excluding hydrogens is 470 g/mol. The highest BCUT2D eigenvalue weighted by molar-refractivity contribution is 7.91. The van der Waals surface area contributed by atoms with Gasteiger partial charge in [-0.1, -0.05) is 0 Å². The normalized spacial score (nSPS) is 13.3. The highest BCUT2D eigenvalue weighted by Crippen LogP contribution is 2.30. The van der Waals surface area contributed by atoms with Gasteiger partial charge in [0, 0.05) is 24.0 Å². The molecule has 0 saturated carbocycles. The minimum absolute atomic E-state index is 0.111. The molecule has 0 aliphatic carbocycles. The van der Waals surface area contributed by atoms with Crippen molar-refractivity contribution in [2.45, 2.75) is 31.0 Å². The number of rotatable bonds is 7. The number of hydrogen-bond donors (Lipinski definition) is 4. The van der Waals surface area contributed by atoms with Crippen LogP contribution in [0.5, 0.6) is 5.88 Å². The van der Waals surface area contributed by atoms with Crippen LogP contribution >= 0.6 is 9.24 Å². The van der Waals surface area contributed by atoms with E-state index >= 15 is 0 Å². The molecule has 0 radical (unpaired) electrons. The van der Waals surface area contributed by atoms with Gasteiger partial charge in [0.15, 0.2) is 14.9 Å². The molecule has 176 valence electrons. The molecule has 0 saturated heterocycles. The fourth-order valence-corrected chi connectivity index (χ4v) is 4.26. The summed E-state index contributed by atoms with van der Waals surface area (Å²) >= 11 is 0. The number of aromatic nitrogens is 3. The Morgan fingerprint density at radius 2 is 2.09 bits per heavy atom. The molecule has 13 heteroatoms. The van der Waals surface area contributed by atoms with E-state index in [4.69, 9.17) is 9.52 Å². The molecule has 0 bridgehead atoms. The minimum Gasteiger partial charge on any atom is -0.481 e. The van der Waals surface area contributed by atoms with Crippen LogP contribution in [0.1, 0.15) is 13.8 Å². The Hall–Kier alpha value is -3.08. The van der Waals surface area contributed by atoms with Crippen LogP contribution in [0.4, 0.5) is 14.9 Å². The van der Waals surface area contributed by atoms with Crippen molar-refractivity contribution in [3.05, 3.63) is 48.5 Å². The number of nitrogens with one attached hydrogen (secondary N) is 3. The van der Waals surface area contributed by atoms with Gasteiger partial charge in [-0.15, -0.1) is 9.24 Å². The van der Waals surface area contributed by atoms with Gasteiger partial charge in [-0.2, -0.15) is 5.10 Å². The second kappa shape index (κ2) is 9.42. The van der Waals surface area contributed by atoms with Crippen LogP contribution in [0.3, 0.4) is 0 Å². The summed E-state index contributed by atoms with van der Waals surface area (Å²) in [5.74, 6) is -0.230. The van der Waals surface area contributed by atoms with Crippen LogP contribution in [-0.2, 0) is 16.5 Å². The molecule has 2 atom stereocenters. The lowest BCUT2D eigenvalue weighted by atomic mass is 10.0. The highest BCUT2D eigenvalue weighted by atomic mass is 32.2. The van der Waals surface area contributed by atoms with Crippen molar-refractivity contribution in [1.82, 2.24) is 19.5 Å². The van der Waals surface area contributed by atoms with Crippen molar-refractivity contribution in [2.75, 3.05) is 12.4 Å². The lowest BCUT2D eigenvalue weighted by Gasteiger charge is -2.17. The second-order valence-electron chi connectivity index (χ2n) is 7.78. The molecule has 0 fully saturated rings. The molecule has 10 nitrogen and oxygen atoms in total. The van der Waals surface area contributed by atoms with Crippen molar-refractivity contribution in [2.24, 2.45) is 0 Å². The van der Waals surface area contributed by atoms with Crippen LogP contribution in [0.2, 0.25) is 0 Å². The molecule has 3 rings (SSSR count). The van der Waals surface area contributed by atoms with Crippen molar-refractivity contribution in [1.29, 1.82) is 4.78 Å². The molecule has 33 heavy (non-hydrogen) atoms. The summed E-state index contributed by atoms with van der Waals surface area (Å²) in [5, 5.41) is 16.6. The van der Waals surface area contributed by atoms with E-state index in [0.717, 1.165) is 0 Å².